The number of hydrogen-bond donors (Lipinski definition) is 2. The first-order valence-corrected chi connectivity index (χ1v) is 16.5. The lowest BCUT2D eigenvalue weighted by molar-refractivity contribution is 0.592. The van der Waals surface area contributed by atoms with Crippen molar-refractivity contribution in [2.24, 2.45) is 0 Å². The molecule has 0 saturated carbocycles. The molecular formula is C41H33N2OP. The second-order valence-electron chi connectivity index (χ2n) is 10.6. The van der Waals surface area contributed by atoms with E-state index in [1.54, 1.807) is 6.08 Å². The second-order valence-corrected chi connectivity index (χ2v) is 13.4. The monoisotopic (exact) mass is 600 g/mol. The van der Waals surface area contributed by atoms with Crippen molar-refractivity contribution in [2.45, 2.75) is 0 Å². The quantitative estimate of drug-likeness (QED) is 0.101. The van der Waals surface area contributed by atoms with E-state index in [0.29, 0.717) is 0 Å². The summed E-state index contributed by atoms with van der Waals surface area (Å²) in [5.41, 5.74) is 8.26. The molecule has 5 aromatic carbocycles. The Morgan fingerprint density at radius 2 is 1.16 bits per heavy atom. The van der Waals surface area contributed by atoms with E-state index in [2.05, 4.69) is 42.7 Å². The summed E-state index contributed by atoms with van der Waals surface area (Å²) >= 11 is 0. The Morgan fingerprint density at radius 3 is 1.69 bits per heavy atom. The minimum atomic E-state index is -3.12. The van der Waals surface area contributed by atoms with Crippen LogP contribution >= 0.6 is 7.14 Å². The van der Waals surface area contributed by atoms with Crippen molar-refractivity contribution in [1.29, 1.82) is 5.41 Å². The summed E-state index contributed by atoms with van der Waals surface area (Å²) < 4.78 is 15.0. The highest BCUT2D eigenvalue weighted by Crippen LogP contribution is 2.44. The molecule has 0 unspecified atom stereocenters. The molecular weight excluding hydrogens is 567 g/mol. The molecule has 0 amide bonds. The topological polar surface area (TPSA) is 53.0 Å². The molecule has 0 aromatic heterocycles. The van der Waals surface area contributed by atoms with E-state index < -0.39 is 7.14 Å². The molecule has 0 bridgehead atoms. The summed E-state index contributed by atoms with van der Waals surface area (Å²) in [6.07, 6.45) is 6.90. The molecule has 0 spiro atoms. The van der Waals surface area contributed by atoms with Gasteiger partial charge in [0.15, 0.2) is 7.14 Å². The third-order valence-corrected chi connectivity index (χ3v) is 11.1. The number of hydrogen-bond acceptors (Lipinski definition) is 3. The van der Waals surface area contributed by atoms with Crippen LogP contribution in [0.4, 0.5) is 0 Å². The van der Waals surface area contributed by atoms with Gasteiger partial charge in [0.25, 0.3) is 0 Å². The summed E-state index contributed by atoms with van der Waals surface area (Å²) in [7, 11) is -3.12. The summed E-state index contributed by atoms with van der Waals surface area (Å²) in [6, 6.07) is 45.7. The number of rotatable bonds is 9. The Bertz CT molecular complexity index is 1980. The SMILES string of the molecule is C=C/C=C(\C=C)C1=C(c2ccc(P(=O)(c3ccccc3)c3ccccc3)cc2)c2ccccc2/C(=C(/C=N)c2ccccc2)N1. The van der Waals surface area contributed by atoms with E-state index in [9.17, 15) is 0 Å². The van der Waals surface area contributed by atoms with Gasteiger partial charge in [0, 0.05) is 38.8 Å². The molecule has 6 rings (SSSR count). The Hall–Kier alpha value is -5.50. The van der Waals surface area contributed by atoms with Crippen molar-refractivity contribution in [2.75, 3.05) is 0 Å². The van der Waals surface area contributed by atoms with Crippen molar-refractivity contribution in [3.8, 4) is 0 Å². The first-order valence-electron chi connectivity index (χ1n) is 14.8. The van der Waals surface area contributed by atoms with Crippen LogP contribution in [0.25, 0.3) is 16.8 Å². The van der Waals surface area contributed by atoms with Gasteiger partial charge >= 0.3 is 0 Å². The maximum atomic E-state index is 15.0. The van der Waals surface area contributed by atoms with Gasteiger partial charge in [0.05, 0.1) is 11.4 Å². The normalized spacial score (nSPS) is 14.2. The first-order chi connectivity index (χ1) is 22.1. The molecule has 218 valence electrons. The molecule has 4 heteroatoms. The highest BCUT2D eigenvalue weighted by Gasteiger charge is 2.31. The fourth-order valence-corrected chi connectivity index (χ4v) is 8.54. The van der Waals surface area contributed by atoms with Gasteiger partial charge in [-0.3, -0.25) is 0 Å². The van der Waals surface area contributed by atoms with Crippen molar-refractivity contribution in [3.63, 3.8) is 0 Å². The number of benzene rings is 5. The fraction of sp³-hybridized carbons (Fsp3) is 0. The largest absolute Gasteiger partial charge is 0.353 e. The predicted molar refractivity (Wildman–Crippen MR) is 192 cm³/mol. The van der Waals surface area contributed by atoms with E-state index in [0.717, 1.165) is 66.3 Å². The van der Waals surface area contributed by atoms with Gasteiger partial charge in [-0.1, -0.05) is 171 Å². The van der Waals surface area contributed by atoms with Crippen LogP contribution in [0.15, 0.2) is 182 Å². The molecule has 0 saturated heterocycles. The molecule has 45 heavy (non-hydrogen) atoms. The molecule has 0 aliphatic carbocycles. The highest BCUT2D eigenvalue weighted by molar-refractivity contribution is 7.85. The van der Waals surface area contributed by atoms with Crippen molar-refractivity contribution in [3.05, 3.63) is 204 Å². The Kier molecular flexibility index (Phi) is 8.55. The van der Waals surface area contributed by atoms with Crippen LogP contribution in [-0.4, -0.2) is 6.21 Å². The average Bonchev–Trinajstić information content (AvgIpc) is 3.11. The van der Waals surface area contributed by atoms with Crippen LogP contribution in [0.3, 0.4) is 0 Å². The van der Waals surface area contributed by atoms with Gasteiger partial charge in [-0.05, 0) is 22.3 Å². The second kappa shape index (κ2) is 13.0. The first kappa shape index (κ1) is 29.6. The fourth-order valence-electron chi connectivity index (χ4n) is 5.90. The van der Waals surface area contributed by atoms with Crippen molar-refractivity contribution in [1.82, 2.24) is 5.32 Å². The molecule has 0 radical (unpaired) electrons. The standard InChI is InChI=1S/C41H33N2OP/c1-3-16-30(4-2)40-39(36-23-14-15-24-37(36)41(43-40)38(29-42)31-17-8-5-9-18-31)32-25-27-35(28-26-32)45(44,33-19-10-6-11-20-33)34-21-12-7-13-22-34/h3-29,42-43H,1-2H2/b30-16+,41-38+,42-29?. The molecule has 3 nitrogen and oxygen atoms in total. The summed E-state index contributed by atoms with van der Waals surface area (Å²) in [4.78, 5) is 0. The van der Waals surface area contributed by atoms with E-state index in [1.165, 1.54) is 6.21 Å². The van der Waals surface area contributed by atoms with E-state index in [-0.39, 0.29) is 0 Å². The molecule has 2 N–H and O–H groups in total. The van der Waals surface area contributed by atoms with E-state index in [1.807, 2.05) is 127 Å². The van der Waals surface area contributed by atoms with Gasteiger partial charge in [-0.2, -0.15) is 0 Å². The Balaban J connectivity index is 1.57. The zero-order valence-electron chi connectivity index (χ0n) is 24.9. The number of nitrogens with one attached hydrogen (secondary N) is 2. The highest BCUT2D eigenvalue weighted by atomic mass is 31.2. The maximum Gasteiger partial charge on any atom is 0.171 e. The predicted octanol–water partition coefficient (Wildman–Crippen LogP) is 8.50. The molecule has 0 atom stereocenters. The number of allylic oxidation sites excluding steroid dienone is 4. The minimum absolute atomic E-state index is 0.768. The molecule has 5 aromatic rings. The van der Waals surface area contributed by atoms with Gasteiger partial charge in [-0.25, -0.2) is 0 Å². The van der Waals surface area contributed by atoms with Gasteiger partial charge in [0.2, 0.25) is 0 Å². The molecule has 1 heterocycles. The van der Waals surface area contributed by atoms with Crippen LogP contribution < -0.4 is 21.2 Å². The van der Waals surface area contributed by atoms with E-state index in [4.69, 9.17) is 5.41 Å². The summed E-state index contributed by atoms with van der Waals surface area (Å²) in [5, 5.41) is 14.5. The summed E-state index contributed by atoms with van der Waals surface area (Å²) in [5.74, 6) is 0. The lowest BCUT2D eigenvalue weighted by Crippen LogP contribution is -2.25. The van der Waals surface area contributed by atoms with Crippen LogP contribution in [0.2, 0.25) is 0 Å². The van der Waals surface area contributed by atoms with Crippen LogP contribution in [0.5, 0.6) is 0 Å². The lowest BCUT2D eigenvalue weighted by Gasteiger charge is -2.30. The zero-order valence-corrected chi connectivity index (χ0v) is 25.8. The maximum absolute atomic E-state index is 15.0. The summed E-state index contributed by atoms with van der Waals surface area (Å²) in [6.45, 7) is 8.06. The smallest absolute Gasteiger partial charge is 0.171 e. The van der Waals surface area contributed by atoms with Gasteiger partial charge in [0.1, 0.15) is 0 Å². The lowest BCUT2D eigenvalue weighted by atomic mass is 9.84. The minimum Gasteiger partial charge on any atom is -0.353 e. The van der Waals surface area contributed by atoms with E-state index >= 15 is 4.57 Å². The van der Waals surface area contributed by atoms with Crippen LogP contribution in [0, 0.1) is 5.41 Å². The van der Waals surface area contributed by atoms with Crippen LogP contribution in [-0.2, 0) is 4.57 Å². The Labute approximate surface area is 265 Å². The molecule has 1 aliphatic heterocycles. The molecule has 1 aliphatic rings. The Morgan fingerprint density at radius 1 is 0.644 bits per heavy atom. The van der Waals surface area contributed by atoms with Gasteiger partial charge < -0.3 is 15.3 Å². The van der Waals surface area contributed by atoms with Crippen LogP contribution in [0.1, 0.15) is 22.3 Å². The molecule has 0 fully saturated rings. The van der Waals surface area contributed by atoms with Gasteiger partial charge in [-0.15, -0.1) is 0 Å². The average molecular weight is 601 g/mol. The third-order valence-electron chi connectivity index (χ3n) is 8.03. The van der Waals surface area contributed by atoms with Crippen molar-refractivity contribution < 1.29 is 4.57 Å². The zero-order chi connectivity index (χ0) is 31.2. The number of fused-ring (bicyclic) bond motifs is 1. The van der Waals surface area contributed by atoms with Crippen molar-refractivity contribution >= 4 is 46.1 Å². The third kappa shape index (κ3) is 5.51.